The fraction of sp³-hybridized carbons (Fsp3) is 0.100. The molecule has 0 spiro atoms. The van der Waals surface area contributed by atoms with E-state index in [0.717, 1.165) is 12.3 Å². The lowest BCUT2D eigenvalue weighted by Crippen LogP contribution is -2.21. The van der Waals surface area contributed by atoms with E-state index in [1.807, 2.05) is 0 Å². The Bertz CT molecular complexity index is 1270. The number of H-pyrrole nitrogens is 1. The molecule has 1 aliphatic heterocycles. The Morgan fingerprint density at radius 2 is 2.00 bits per heavy atom. The van der Waals surface area contributed by atoms with Crippen LogP contribution in [0.5, 0.6) is 0 Å². The topological polar surface area (TPSA) is 83.2 Å². The predicted octanol–water partition coefficient (Wildman–Crippen LogP) is 3.89. The Kier molecular flexibility index (Phi) is 4.31. The molecule has 3 aromatic heterocycles. The van der Waals surface area contributed by atoms with Gasteiger partial charge in [0.2, 0.25) is 0 Å². The first-order valence-corrected chi connectivity index (χ1v) is 8.96. The lowest BCUT2D eigenvalue weighted by Gasteiger charge is -2.19. The first-order valence-electron chi connectivity index (χ1n) is 8.96. The summed E-state index contributed by atoms with van der Waals surface area (Å²) < 4.78 is 46.7. The van der Waals surface area contributed by atoms with Crippen molar-refractivity contribution in [3.63, 3.8) is 0 Å². The van der Waals surface area contributed by atoms with Crippen LogP contribution in [0.25, 0.3) is 22.6 Å². The summed E-state index contributed by atoms with van der Waals surface area (Å²) in [6.45, 7) is 0.588. The Morgan fingerprint density at radius 3 is 2.87 bits per heavy atom. The summed E-state index contributed by atoms with van der Waals surface area (Å²) in [4.78, 5) is 11.0. The Hall–Kier alpha value is -3.95. The molecule has 0 saturated carbocycles. The van der Waals surface area contributed by atoms with Crippen molar-refractivity contribution < 1.29 is 17.7 Å². The molecule has 0 fully saturated rings. The minimum atomic E-state index is -0.963. The third-order valence-electron chi connectivity index (χ3n) is 4.65. The summed E-state index contributed by atoms with van der Waals surface area (Å²) in [7, 11) is 0. The number of fused-ring (bicyclic) bond motifs is 1. The highest BCUT2D eigenvalue weighted by Gasteiger charge is 2.21. The Morgan fingerprint density at radius 1 is 1.10 bits per heavy atom. The molecule has 0 atom stereocenters. The number of pyridine rings is 1. The van der Waals surface area contributed by atoms with Crippen LogP contribution in [-0.2, 0) is 13.1 Å². The number of nitrogens with zero attached hydrogens (tertiary/aromatic N) is 5. The normalized spacial score (nSPS) is 13.0. The van der Waals surface area contributed by atoms with Gasteiger partial charge >= 0.3 is 0 Å². The molecule has 0 aliphatic carbocycles. The SMILES string of the molecule is Fc1cnccc1-c1cc(CN2Cc3nc(-c4cccc(F)c4F)[nH]c3C=N2)on1. The van der Waals surface area contributed by atoms with Crippen LogP contribution in [0, 0.1) is 17.5 Å². The van der Waals surface area contributed by atoms with E-state index >= 15 is 0 Å². The lowest BCUT2D eigenvalue weighted by atomic mass is 10.2. The van der Waals surface area contributed by atoms with Crippen LogP contribution >= 0.6 is 0 Å². The number of benzene rings is 1. The second kappa shape index (κ2) is 7.14. The maximum atomic E-state index is 14.1. The van der Waals surface area contributed by atoms with Crippen molar-refractivity contribution in [2.24, 2.45) is 5.10 Å². The molecule has 30 heavy (non-hydrogen) atoms. The summed E-state index contributed by atoms with van der Waals surface area (Å²) in [5, 5.41) is 9.88. The third kappa shape index (κ3) is 3.21. The molecule has 10 heteroatoms. The van der Waals surface area contributed by atoms with Crippen molar-refractivity contribution in [2.75, 3.05) is 0 Å². The molecule has 0 amide bonds. The van der Waals surface area contributed by atoms with Gasteiger partial charge in [-0.15, -0.1) is 0 Å². The van der Waals surface area contributed by atoms with Crippen molar-refractivity contribution >= 4 is 6.21 Å². The number of hydrazone groups is 1. The molecule has 7 nitrogen and oxygen atoms in total. The standard InChI is InChI=1S/C20H13F3N6O/c21-14-3-1-2-13(19(14)23)20-26-17-8-25-29(10-18(17)27-20)9-11-6-16(28-30-11)12-4-5-24-7-15(12)22/h1-8H,9-10H2,(H,26,27). The molecule has 1 aliphatic rings. The van der Waals surface area contributed by atoms with E-state index in [1.54, 1.807) is 17.3 Å². The quantitative estimate of drug-likeness (QED) is 0.552. The molecule has 4 aromatic rings. The molecular formula is C20H13F3N6O. The van der Waals surface area contributed by atoms with Gasteiger partial charge in [-0.1, -0.05) is 11.2 Å². The zero-order chi connectivity index (χ0) is 20.7. The van der Waals surface area contributed by atoms with Gasteiger partial charge in [-0.05, 0) is 18.2 Å². The zero-order valence-electron chi connectivity index (χ0n) is 15.3. The second-order valence-electron chi connectivity index (χ2n) is 6.65. The van der Waals surface area contributed by atoms with E-state index in [9.17, 15) is 13.2 Å². The van der Waals surface area contributed by atoms with Gasteiger partial charge in [-0.2, -0.15) is 5.10 Å². The van der Waals surface area contributed by atoms with Crippen LogP contribution in [0.15, 0.2) is 52.4 Å². The monoisotopic (exact) mass is 410 g/mol. The fourth-order valence-electron chi connectivity index (χ4n) is 3.19. The van der Waals surface area contributed by atoms with Gasteiger partial charge in [0, 0.05) is 17.8 Å². The van der Waals surface area contributed by atoms with Crippen molar-refractivity contribution in [1.82, 2.24) is 25.1 Å². The van der Waals surface area contributed by atoms with E-state index < -0.39 is 17.5 Å². The van der Waals surface area contributed by atoms with Crippen LogP contribution < -0.4 is 0 Å². The average Bonchev–Trinajstić information content (AvgIpc) is 3.37. The molecule has 1 aromatic carbocycles. The largest absolute Gasteiger partial charge is 0.359 e. The van der Waals surface area contributed by atoms with Crippen LogP contribution in [0.2, 0.25) is 0 Å². The Labute approximate surface area is 167 Å². The van der Waals surface area contributed by atoms with Crippen molar-refractivity contribution in [1.29, 1.82) is 0 Å². The van der Waals surface area contributed by atoms with Crippen LogP contribution in [0.4, 0.5) is 13.2 Å². The number of aromatic amines is 1. The summed E-state index contributed by atoms with van der Waals surface area (Å²) in [6.07, 6.45) is 4.13. The molecule has 0 unspecified atom stereocenters. The van der Waals surface area contributed by atoms with Crippen LogP contribution in [0.1, 0.15) is 17.1 Å². The third-order valence-corrected chi connectivity index (χ3v) is 4.65. The van der Waals surface area contributed by atoms with E-state index in [1.165, 1.54) is 24.4 Å². The minimum Gasteiger partial charge on any atom is -0.359 e. The fourth-order valence-corrected chi connectivity index (χ4v) is 3.19. The molecule has 0 bridgehead atoms. The summed E-state index contributed by atoms with van der Waals surface area (Å²) in [6, 6.07) is 7.06. The minimum absolute atomic E-state index is 0.0450. The number of aromatic nitrogens is 4. The van der Waals surface area contributed by atoms with Gasteiger partial charge in [0.25, 0.3) is 0 Å². The number of nitrogens with one attached hydrogen (secondary N) is 1. The lowest BCUT2D eigenvalue weighted by molar-refractivity contribution is 0.229. The molecule has 5 rings (SSSR count). The highest BCUT2D eigenvalue weighted by molar-refractivity contribution is 5.80. The highest BCUT2D eigenvalue weighted by Crippen LogP contribution is 2.26. The van der Waals surface area contributed by atoms with Crippen LogP contribution in [0.3, 0.4) is 0 Å². The number of rotatable bonds is 4. The van der Waals surface area contributed by atoms with Crippen LogP contribution in [-0.4, -0.2) is 31.3 Å². The number of halogens is 3. The van der Waals surface area contributed by atoms with Gasteiger partial charge in [-0.25, -0.2) is 18.2 Å². The Balaban J connectivity index is 1.34. The smallest absolute Gasteiger partial charge is 0.169 e. The predicted molar refractivity (Wildman–Crippen MR) is 100 cm³/mol. The van der Waals surface area contributed by atoms with Crippen molar-refractivity contribution in [3.8, 4) is 22.6 Å². The molecule has 150 valence electrons. The second-order valence-corrected chi connectivity index (χ2v) is 6.65. The van der Waals surface area contributed by atoms with E-state index in [4.69, 9.17) is 4.52 Å². The van der Waals surface area contributed by atoms with Crippen molar-refractivity contribution in [3.05, 3.63) is 77.3 Å². The van der Waals surface area contributed by atoms with E-state index in [2.05, 4.69) is 25.2 Å². The first kappa shape index (κ1) is 18.1. The summed E-state index contributed by atoms with van der Waals surface area (Å²) >= 11 is 0. The van der Waals surface area contributed by atoms with E-state index in [0.29, 0.717) is 35.0 Å². The zero-order valence-corrected chi connectivity index (χ0v) is 15.3. The number of hydrogen-bond donors (Lipinski definition) is 1. The van der Waals surface area contributed by atoms with Gasteiger partial charge in [0.1, 0.15) is 11.5 Å². The highest BCUT2D eigenvalue weighted by atomic mass is 19.2. The van der Waals surface area contributed by atoms with Gasteiger partial charge in [0.05, 0.1) is 42.5 Å². The average molecular weight is 410 g/mol. The maximum absolute atomic E-state index is 14.1. The van der Waals surface area contributed by atoms with Gasteiger partial charge in [0.15, 0.2) is 23.2 Å². The van der Waals surface area contributed by atoms with Gasteiger partial charge in [-0.3, -0.25) is 9.99 Å². The molecular weight excluding hydrogens is 397 g/mol. The first-order chi connectivity index (χ1) is 14.6. The molecule has 1 N–H and O–H groups in total. The number of hydrogen-bond acceptors (Lipinski definition) is 6. The summed E-state index contributed by atoms with van der Waals surface area (Å²) in [5.41, 5.74) is 1.93. The van der Waals surface area contributed by atoms with E-state index in [-0.39, 0.29) is 17.9 Å². The summed E-state index contributed by atoms with van der Waals surface area (Å²) in [5.74, 6) is -1.69. The van der Waals surface area contributed by atoms with Crippen molar-refractivity contribution in [2.45, 2.75) is 13.1 Å². The molecule has 4 heterocycles. The number of imidazole rings is 1. The molecule has 0 radical (unpaired) electrons. The van der Waals surface area contributed by atoms with Gasteiger partial charge < -0.3 is 9.51 Å². The molecule has 0 saturated heterocycles. The maximum Gasteiger partial charge on any atom is 0.169 e.